The predicted octanol–water partition coefficient (Wildman–Crippen LogP) is 1.04. The highest BCUT2D eigenvalue weighted by atomic mass is 15.1. The molecule has 0 aromatic carbocycles. The van der Waals surface area contributed by atoms with E-state index in [0.29, 0.717) is 0 Å². The summed E-state index contributed by atoms with van der Waals surface area (Å²) < 4.78 is 0. The molecular weight excluding hydrogens is 148 g/mol. The number of hydrogen-bond acceptors (Lipinski definition) is 2. The zero-order valence-electron chi connectivity index (χ0n) is 8.21. The fourth-order valence-electron chi connectivity index (χ4n) is 2.96. The first kappa shape index (κ1) is 8.52. The van der Waals surface area contributed by atoms with Crippen LogP contribution in [-0.2, 0) is 0 Å². The summed E-state index contributed by atoms with van der Waals surface area (Å²) in [5, 5.41) is 3.51. The SMILES string of the molecule is CN(C)C[C@@H]1CC[C@@H]2CNC[C@@H]21.[HH]. The van der Waals surface area contributed by atoms with Gasteiger partial charge in [0.25, 0.3) is 0 Å². The van der Waals surface area contributed by atoms with Crippen LogP contribution in [0.1, 0.15) is 14.3 Å². The van der Waals surface area contributed by atoms with E-state index < -0.39 is 0 Å². The first-order valence-electron chi connectivity index (χ1n) is 5.13. The third-order valence-corrected chi connectivity index (χ3v) is 3.51. The molecule has 0 amide bonds. The standard InChI is InChI=1S/C10H20N2.H2/c1-12(2)7-9-4-3-8-5-11-6-10(8)9;/h8-11H,3-7H2,1-2H3;1H/t8-,9+,10+;/m1./s1. The molecule has 0 spiro atoms. The van der Waals surface area contributed by atoms with E-state index in [0.717, 1.165) is 17.8 Å². The van der Waals surface area contributed by atoms with Crippen LogP contribution < -0.4 is 5.32 Å². The monoisotopic (exact) mass is 170 g/mol. The Labute approximate surface area is 76.8 Å². The van der Waals surface area contributed by atoms with E-state index >= 15 is 0 Å². The van der Waals surface area contributed by atoms with Gasteiger partial charge in [-0.1, -0.05) is 0 Å². The van der Waals surface area contributed by atoms with Gasteiger partial charge in [0, 0.05) is 7.97 Å². The van der Waals surface area contributed by atoms with Crippen LogP contribution in [-0.4, -0.2) is 38.6 Å². The highest BCUT2D eigenvalue weighted by molar-refractivity contribution is 4.92. The van der Waals surface area contributed by atoms with E-state index in [1.807, 2.05) is 0 Å². The summed E-state index contributed by atoms with van der Waals surface area (Å²) in [5.41, 5.74) is 0. The maximum atomic E-state index is 3.51. The van der Waals surface area contributed by atoms with Gasteiger partial charge in [0.15, 0.2) is 0 Å². The lowest BCUT2D eigenvalue weighted by Gasteiger charge is -2.21. The summed E-state index contributed by atoms with van der Waals surface area (Å²) in [6.07, 6.45) is 2.94. The lowest BCUT2D eigenvalue weighted by Crippen LogP contribution is -2.27. The van der Waals surface area contributed by atoms with E-state index in [2.05, 4.69) is 24.3 Å². The third-order valence-electron chi connectivity index (χ3n) is 3.51. The van der Waals surface area contributed by atoms with Gasteiger partial charge in [-0.25, -0.2) is 0 Å². The minimum Gasteiger partial charge on any atom is -0.316 e. The molecule has 2 rings (SSSR count). The number of rotatable bonds is 2. The van der Waals surface area contributed by atoms with Crippen molar-refractivity contribution in [3.8, 4) is 0 Å². The van der Waals surface area contributed by atoms with Crippen molar-refractivity contribution < 1.29 is 1.43 Å². The fourth-order valence-corrected chi connectivity index (χ4v) is 2.96. The molecule has 1 saturated heterocycles. The molecule has 1 aliphatic heterocycles. The smallest absolute Gasteiger partial charge is 0.000680 e. The molecule has 2 nitrogen and oxygen atoms in total. The average molecular weight is 170 g/mol. The molecule has 72 valence electrons. The number of hydrogen-bond donors (Lipinski definition) is 1. The van der Waals surface area contributed by atoms with Crippen LogP contribution in [0.5, 0.6) is 0 Å². The molecule has 0 aromatic heterocycles. The Morgan fingerprint density at radius 3 is 2.92 bits per heavy atom. The Hall–Kier alpha value is -0.0800. The molecule has 1 aliphatic carbocycles. The largest absolute Gasteiger partial charge is 0.316 e. The van der Waals surface area contributed by atoms with Crippen LogP contribution in [0.2, 0.25) is 0 Å². The Kier molecular flexibility index (Phi) is 2.37. The zero-order chi connectivity index (χ0) is 8.55. The molecule has 0 unspecified atom stereocenters. The summed E-state index contributed by atoms with van der Waals surface area (Å²) in [5.74, 6) is 2.97. The van der Waals surface area contributed by atoms with Crippen LogP contribution in [0, 0.1) is 17.8 Å². The van der Waals surface area contributed by atoms with Crippen molar-refractivity contribution in [1.82, 2.24) is 10.2 Å². The molecule has 2 fully saturated rings. The highest BCUT2D eigenvalue weighted by Gasteiger charge is 2.38. The van der Waals surface area contributed by atoms with Crippen molar-refractivity contribution in [3.63, 3.8) is 0 Å². The van der Waals surface area contributed by atoms with Gasteiger partial charge in [-0.05, 0) is 57.8 Å². The van der Waals surface area contributed by atoms with Gasteiger partial charge in [0.05, 0.1) is 0 Å². The molecule has 2 heteroatoms. The van der Waals surface area contributed by atoms with Gasteiger partial charge in [-0.2, -0.15) is 0 Å². The van der Waals surface area contributed by atoms with E-state index in [9.17, 15) is 0 Å². The molecule has 3 atom stereocenters. The van der Waals surface area contributed by atoms with E-state index in [4.69, 9.17) is 0 Å². The van der Waals surface area contributed by atoms with Crippen molar-refractivity contribution >= 4 is 0 Å². The first-order valence-corrected chi connectivity index (χ1v) is 5.13. The highest BCUT2D eigenvalue weighted by Crippen LogP contribution is 2.39. The Bertz CT molecular complexity index is 161. The van der Waals surface area contributed by atoms with Crippen LogP contribution in [0.4, 0.5) is 0 Å². The topological polar surface area (TPSA) is 15.3 Å². The molecule has 0 bridgehead atoms. The lowest BCUT2D eigenvalue weighted by atomic mass is 9.92. The zero-order valence-corrected chi connectivity index (χ0v) is 8.21. The molecule has 2 aliphatic rings. The second-order valence-electron chi connectivity index (χ2n) is 4.68. The van der Waals surface area contributed by atoms with Gasteiger partial charge in [0.1, 0.15) is 0 Å². The summed E-state index contributed by atoms with van der Waals surface area (Å²) in [7, 11) is 4.38. The van der Waals surface area contributed by atoms with Crippen molar-refractivity contribution in [2.75, 3.05) is 33.7 Å². The maximum absolute atomic E-state index is 3.51. The predicted molar refractivity (Wildman–Crippen MR) is 53.2 cm³/mol. The number of nitrogens with zero attached hydrogens (tertiary/aromatic N) is 1. The fraction of sp³-hybridized carbons (Fsp3) is 1.00. The van der Waals surface area contributed by atoms with E-state index in [1.165, 1.54) is 32.5 Å². The van der Waals surface area contributed by atoms with Gasteiger partial charge in [-0.15, -0.1) is 0 Å². The van der Waals surface area contributed by atoms with Gasteiger partial charge >= 0.3 is 0 Å². The molecule has 1 heterocycles. The molecule has 1 N–H and O–H groups in total. The normalized spacial score (nSPS) is 40.8. The van der Waals surface area contributed by atoms with E-state index in [-0.39, 0.29) is 1.43 Å². The summed E-state index contributed by atoms with van der Waals surface area (Å²) in [6, 6.07) is 0. The van der Waals surface area contributed by atoms with Crippen LogP contribution in [0.25, 0.3) is 0 Å². The van der Waals surface area contributed by atoms with E-state index in [1.54, 1.807) is 0 Å². The number of nitrogens with one attached hydrogen (secondary N) is 1. The second-order valence-corrected chi connectivity index (χ2v) is 4.68. The third kappa shape index (κ3) is 1.50. The Morgan fingerprint density at radius 2 is 2.17 bits per heavy atom. The minimum absolute atomic E-state index is 0. The van der Waals surface area contributed by atoms with Crippen molar-refractivity contribution in [1.29, 1.82) is 0 Å². The molecule has 12 heavy (non-hydrogen) atoms. The first-order chi connectivity index (χ1) is 5.77. The summed E-state index contributed by atoms with van der Waals surface area (Å²) in [6.45, 7) is 3.86. The molecular formula is C10H22N2. The average Bonchev–Trinajstić information content (AvgIpc) is 2.52. The number of fused-ring (bicyclic) bond motifs is 1. The second kappa shape index (κ2) is 3.35. The van der Waals surface area contributed by atoms with Gasteiger partial charge in [0.2, 0.25) is 0 Å². The molecule has 0 aromatic rings. The molecule has 1 saturated carbocycles. The Morgan fingerprint density at radius 1 is 1.33 bits per heavy atom. The molecule has 0 radical (unpaired) electrons. The van der Waals surface area contributed by atoms with Gasteiger partial charge in [-0.3, -0.25) is 0 Å². The van der Waals surface area contributed by atoms with Crippen molar-refractivity contribution in [2.24, 2.45) is 17.8 Å². The van der Waals surface area contributed by atoms with Crippen molar-refractivity contribution in [3.05, 3.63) is 0 Å². The summed E-state index contributed by atoms with van der Waals surface area (Å²) in [4.78, 5) is 2.34. The minimum atomic E-state index is 0. The van der Waals surface area contributed by atoms with Crippen molar-refractivity contribution in [2.45, 2.75) is 12.8 Å². The summed E-state index contributed by atoms with van der Waals surface area (Å²) >= 11 is 0. The van der Waals surface area contributed by atoms with Crippen LogP contribution in [0.15, 0.2) is 0 Å². The van der Waals surface area contributed by atoms with Gasteiger partial charge < -0.3 is 10.2 Å². The van der Waals surface area contributed by atoms with Crippen LogP contribution >= 0.6 is 0 Å². The van der Waals surface area contributed by atoms with Crippen LogP contribution in [0.3, 0.4) is 0 Å². The quantitative estimate of drug-likeness (QED) is 0.666. The Balaban J connectivity index is 0.000000845. The lowest BCUT2D eigenvalue weighted by molar-refractivity contribution is 0.272. The maximum Gasteiger partial charge on any atom is 0.000680 e.